The summed E-state index contributed by atoms with van der Waals surface area (Å²) >= 11 is 5.53. The Labute approximate surface area is 90.6 Å². The zero-order valence-corrected chi connectivity index (χ0v) is 8.88. The van der Waals surface area contributed by atoms with Gasteiger partial charge in [0, 0.05) is 20.2 Å². The Morgan fingerprint density at radius 1 is 1.67 bits per heavy atom. The van der Waals surface area contributed by atoms with Crippen molar-refractivity contribution in [3.8, 4) is 5.75 Å². The van der Waals surface area contributed by atoms with E-state index in [1.807, 2.05) is 0 Å². The van der Waals surface area contributed by atoms with E-state index in [0.717, 1.165) is 0 Å². The normalized spacial score (nSPS) is 9.87. The van der Waals surface area contributed by atoms with Crippen LogP contribution in [0.15, 0.2) is 6.07 Å². The maximum absolute atomic E-state index is 13.1. The number of halogens is 2. The van der Waals surface area contributed by atoms with E-state index < -0.39 is 12.0 Å². The van der Waals surface area contributed by atoms with Crippen LogP contribution in [-0.2, 0) is 0 Å². The molecule has 0 aliphatic rings. The molecule has 0 aromatic carbocycles. The monoisotopic (exact) mass is 233 g/mol. The predicted molar refractivity (Wildman–Crippen MR) is 53.7 cm³/mol. The van der Waals surface area contributed by atoms with Crippen molar-refractivity contribution in [2.24, 2.45) is 5.73 Å². The van der Waals surface area contributed by atoms with Crippen LogP contribution >= 0.6 is 11.6 Å². The van der Waals surface area contributed by atoms with Gasteiger partial charge in [-0.1, -0.05) is 11.6 Å². The lowest BCUT2D eigenvalue weighted by Crippen LogP contribution is -2.18. The summed E-state index contributed by atoms with van der Waals surface area (Å²) in [4.78, 5) is 15.6. The number of anilines is 1. The topological polar surface area (TPSA) is 68.5 Å². The second-order valence-corrected chi connectivity index (χ2v) is 3.28. The maximum atomic E-state index is 13.1. The summed E-state index contributed by atoms with van der Waals surface area (Å²) < 4.78 is 17.7. The average molecular weight is 234 g/mol. The Morgan fingerprint density at radius 3 is 2.73 bits per heavy atom. The second-order valence-electron chi connectivity index (χ2n) is 2.90. The summed E-state index contributed by atoms with van der Waals surface area (Å²) in [5.74, 6) is -0.798. The van der Waals surface area contributed by atoms with Gasteiger partial charge >= 0.3 is 6.09 Å². The van der Waals surface area contributed by atoms with Crippen LogP contribution in [-0.4, -0.2) is 25.2 Å². The quantitative estimate of drug-likeness (QED) is 0.784. The van der Waals surface area contributed by atoms with Crippen LogP contribution in [0, 0.1) is 5.95 Å². The van der Waals surface area contributed by atoms with Gasteiger partial charge in [-0.15, -0.1) is 0 Å². The fraction of sp³-hybridized carbons (Fsp3) is 0.250. The maximum Gasteiger partial charge on any atom is 0.410 e. The minimum Gasteiger partial charge on any atom is -0.409 e. The molecular weight excluding hydrogens is 225 g/mol. The number of rotatable bonds is 2. The fourth-order valence-electron chi connectivity index (χ4n) is 0.876. The highest BCUT2D eigenvalue weighted by Crippen LogP contribution is 2.29. The molecule has 0 saturated carbocycles. The Morgan fingerprint density at radius 2 is 2.27 bits per heavy atom. The van der Waals surface area contributed by atoms with Crippen molar-refractivity contribution in [1.29, 1.82) is 0 Å². The summed E-state index contributed by atoms with van der Waals surface area (Å²) in [7, 11) is 3.31. The number of carbonyl (C=O) groups excluding carboxylic acids is 1. The first kappa shape index (κ1) is 11.5. The Bertz CT molecular complexity index is 398. The largest absolute Gasteiger partial charge is 0.410 e. The molecule has 1 rings (SSSR count). The van der Waals surface area contributed by atoms with Crippen LogP contribution in [0.2, 0.25) is 5.02 Å². The summed E-state index contributed by atoms with van der Waals surface area (Å²) in [6.07, 6.45) is -1.06. The average Bonchev–Trinajstić information content (AvgIpc) is 2.11. The van der Waals surface area contributed by atoms with Crippen molar-refractivity contribution < 1.29 is 13.9 Å². The third kappa shape index (κ3) is 2.69. The number of nitrogens with two attached hydrogens (primary N) is 1. The van der Waals surface area contributed by atoms with E-state index in [0.29, 0.717) is 0 Å². The van der Waals surface area contributed by atoms with Crippen LogP contribution in [0.5, 0.6) is 5.75 Å². The molecule has 82 valence electrons. The van der Waals surface area contributed by atoms with Crippen LogP contribution < -0.4 is 15.4 Å². The van der Waals surface area contributed by atoms with Gasteiger partial charge in [0.15, 0.2) is 5.75 Å². The van der Waals surface area contributed by atoms with E-state index in [1.165, 1.54) is 11.0 Å². The Hall–Kier alpha value is -1.56. The lowest BCUT2D eigenvalue weighted by molar-refractivity contribution is 0.210. The van der Waals surface area contributed by atoms with Crippen LogP contribution in [0.3, 0.4) is 0 Å². The first-order valence-electron chi connectivity index (χ1n) is 3.92. The minimum absolute atomic E-state index is 0.152. The summed E-state index contributed by atoms with van der Waals surface area (Å²) in [6.45, 7) is 0. The third-order valence-corrected chi connectivity index (χ3v) is 1.88. The molecule has 2 N–H and O–H groups in total. The van der Waals surface area contributed by atoms with Crippen LogP contribution in [0.1, 0.15) is 0 Å². The highest BCUT2D eigenvalue weighted by atomic mass is 35.5. The molecule has 1 aromatic rings. The molecule has 0 spiro atoms. The Kier molecular flexibility index (Phi) is 3.31. The van der Waals surface area contributed by atoms with Crippen molar-refractivity contribution in [2.45, 2.75) is 0 Å². The van der Waals surface area contributed by atoms with Crippen molar-refractivity contribution in [3.05, 3.63) is 17.0 Å². The number of aromatic nitrogens is 1. The van der Waals surface area contributed by atoms with E-state index in [-0.39, 0.29) is 16.6 Å². The molecule has 15 heavy (non-hydrogen) atoms. The van der Waals surface area contributed by atoms with Gasteiger partial charge in [0.1, 0.15) is 10.8 Å². The number of ether oxygens (including phenoxy) is 1. The second kappa shape index (κ2) is 4.31. The number of carbonyl (C=O) groups is 1. The lowest BCUT2D eigenvalue weighted by atomic mass is 10.4. The van der Waals surface area contributed by atoms with Gasteiger partial charge < -0.3 is 15.4 Å². The third-order valence-electron chi connectivity index (χ3n) is 1.54. The number of hydrogen-bond donors (Lipinski definition) is 1. The Balaban J connectivity index is 3.18. The standard InChI is InChI=1S/C8H9ClFN3O2/c1-13(2)5-3-4(15-8(11)14)6(9)7(10)12-5/h3H,1-2H3,(H2,11,14). The van der Waals surface area contributed by atoms with E-state index in [1.54, 1.807) is 14.1 Å². The summed E-state index contributed by atoms with van der Waals surface area (Å²) in [6, 6.07) is 1.32. The summed E-state index contributed by atoms with van der Waals surface area (Å²) in [5, 5.41) is -0.376. The van der Waals surface area contributed by atoms with Crippen molar-refractivity contribution >= 4 is 23.5 Å². The summed E-state index contributed by atoms with van der Waals surface area (Å²) in [5.41, 5.74) is 4.79. The van der Waals surface area contributed by atoms with Gasteiger partial charge in [0.2, 0.25) is 5.95 Å². The molecule has 7 heteroatoms. The van der Waals surface area contributed by atoms with Crippen LogP contribution in [0.4, 0.5) is 15.0 Å². The smallest absolute Gasteiger partial charge is 0.409 e. The van der Waals surface area contributed by atoms with Gasteiger partial charge in [-0.25, -0.2) is 9.78 Å². The zero-order chi connectivity index (χ0) is 11.6. The van der Waals surface area contributed by atoms with Gasteiger partial charge in [-0.3, -0.25) is 0 Å². The molecule has 1 aromatic heterocycles. The SMILES string of the molecule is CN(C)c1cc(OC(N)=O)c(Cl)c(F)n1. The highest BCUT2D eigenvalue weighted by Gasteiger charge is 2.14. The molecule has 0 atom stereocenters. The first-order chi connectivity index (χ1) is 6.91. The molecule has 1 heterocycles. The predicted octanol–water partition coefficient (Wildman–Crippen LogP) is 1.40. The molecule has 0 unspecified atom stereocenters. The molecule has 0 aliphatic heterocycles. The molecule has 0 saturated heterocycles. The molecule has 0 aliphatic carbocycles. The fourth-order valence-corrected chi connectivity index (χ4v) is 1.01. The number of amides is 1. The van der Waals surface area contributed by atoms with Crippen molar-refractivity contribution in [1.82, 2.24) is 4.98 Å². The van der Waals surface area contributed by atoms with Gasteiger partial charge in [-0.2, -0.15) is 4.39 Å². The molecule has 0 radical (unpaired) electrons. The van der Waals surface area contributed by atoms with Gasteiger partial charge in [-0.05, 0) is 0 Å². The van der Waals surface area contributed by atoms with Gasteiger partial charge in [0.05, 0.1) is 0 Å². The molecule has 0 bridgehead atoms. The van der Waals surface area contributed by atoms with Gasteiger partial charge in [0.25, 0.3) is 0 Å². The number of hydrogen-bond acceptors (Lipinski definition) is 4. The van der Waals surface area contributed by atoms with Crippen molar-refractivity contribution in [3.63, 3.8) is 0 Å². The molecule has 0 fully saturated rings. The van der Waals surface area contributed by atoms with Crippen molar-refractivity contribution in [2.75, 3.05) is 19.0 Å². The molecular formula is C8H9ClFN3O2. The molecule has 1 amide bonds. The van der Waals surface area contributed by atoms with E-state index in [4.69, 9.17) is 17.3 Å². The zero-order valence-electron chi connectivity index (χ0n) is 8.12. The first-order valence-corrected chi connectivity index (χ1v) is 4.30. The number of primary amides is 1. The van der Waals surface area contributed by atoms with E-state index in [9.17, 15) is 9.18 Å². The van der Waals surface area contributed by atoms with Crippen LogP contribution in [0.25, 0.3) is 0 Å². The molecule has 5 nitrogen and oxygen atoms in total. The van der Waals surface area contributed by atoms with E-state index in [2.05, 4.69) is 9.72 Å². The number of nitrogens with zero attached hydrogens (tertiary/aromatic N) is 2. The van der Waals surface area contributed by atoms with E-state index >= 15 is 0 Å². The number of pyridine rings is 1. The highest BCUT2D eigenvalue weighted by molar-refractivity contribution is 6.32. The minimum atomic E-state index is -1.06. The lowest BCUT2D eigenvalue weighted by Gasteiger charge is -2.13.